The first-order chi connectivity index (χ1) is 9.04. The average Bonchev–Trinajstić information content (AvgIpc) is 2.96. The Morgan fingerprint density at radius 1 is 1.21 bits per heavy atom. The van der Waals surface area contributed by atoms with Gasteiger partial charge >= 0.3 is 0 Å². The van der Waals surface area contributed by atoms with Crippen molar-refractivity contribution in [2.75, 3.05) is 6.54 Å². The van der Waals surface area contributed by atoms with E-state index in [2.05, 4.69) is 42.3 Å². The summed E-state index contributed by atoms with van der Waals surface area (Å²) in [6.07, 6.45) is 7.66. The molecular formula is C14H23N5. The minimum atomic E-state index is 0.310. The molecule has 2 aromatic heterocycles. The van der Waals surface area contributed by atoms with E-state index >= 15 is 0 Å². The van der Waals surface area contributed by atoms with Crippen LogP contribution in [0.4, 0.5) is 0 Å². The lowest BCUT2D eigenvalue weighted by Gasteiger charge is -2.20. The van der Waals surface area contributed by atoms with Crippen LogP contribution in [0, 0.1) is 5.92 Å². The lowest BCUT2D eigenvalue weighted by Crippen LogP contribution is -2.20. The maximum atomic E-state index is 5.90. The fraction of sp³-hybridized carbons (Fsp3) is 0.571. The van der Waals surface area contributed by atoms with Gasteiger partial charge in [0.15, 0.2) is 0 Å². The molecule has 0 aliphatic rings. The predicted molar refractivity (Wildman–Crippen MR) is 76.4 cm³/mol. The van der Waals surface area contributed by atoms with Crippen LogP contribution in [0.2, 0.25) is 0 Å². The van der Waals surface area contributed by atoms with Gasteiger partial charge in [-0.3, -0.25) is 9.25 Å². The van der Waals surface area contributed by atoms with Gasteiger partial charge in [0, 0.05) is 36.6 Å². The lowest BCUT2D eigenvalue weighted by atomic mass is 9.93. The van der Waals surface area contributed by atoms with Crippen LogP contribution in [0.25, 0.3) is 5.69 Å². The molecule has 0 amide bonds. The largest absolute Gasteiger partial charge is 0.330 e. The number of aromatic nitrogens is 4. The Kier molecular flexibility index (Phi) is 4.04. The van der Waals surface area contributed by atoms with Gasteiger partial charge < -0.3 is 5.73 Å². The second-order valence-corrected chi connectivity index (χ2v) is 5.55. The van der Waals surface area contributed by atoms with Crippen molar-refractivity contribution in [3.63, 3.8) is 0 Å². The van der Waals surface area contributed by atoms with Crippen molar-refractivity contribution in [1.29, 1.82) is 0 Å². The van der Waals surface area contributed by atoms with Gasteiger partial charge in [-0.05, 0) is 19.8 Å². The predicted octanol–water partition coefficient (Wildman–Crippen LogP) is 2.35. The fourth-order valence-electron chi connectivity index (χ4n) is 2.26. The van der Waals surface area contributed by atoms with E-state index in [1.54, 1.807) is 0 Å². The van der Waals surface area contributed by atoms with Gasteiger partial charge in [-0.2, -0.15) is 5.10 Å². The number of hydrogen-bond donors (Lipinski definition) is 1. The van der Waals surface area contributed by atoms with Gasteiger partial charge in [0.25, 0.3) is 0 Å². The maximum absolute atomic E-state index is 5.90. The summed E-state index contributed by atoms with van der Waals surface area (Å²) < 4.78 is 4.04. The highest BCUT2D eigenvalue weighted by Gasteiger charge is 2.19. The Morgan fingerprint density at radius 2 is 1.95 bits per heavy atom. The van der Waals surface area contributed by atoms with Crippen molar-refractivity contribution in [1.82, 2.24) is 19.3 Å². The van der Waals surface area contributed by atoms with Crippen LogP contribution in [0.15, 0.2) is 24.9 Å². The summed E-state index contributed by atoms with van der Waals surface area (Å²) >= 11 is 0. The van der Waals surface area contributed by atoms with Gasteiger partial charge in [0.1, 0.15) is 0 Å². The molecule has 5 nitrogen and oxygen atoms in total. The number of rotatable bonds is 5. The summed E-state index contributed by atoms with van der Waals surface area (Å²) in [6.45, 7) is 9.23. The van der Waals surface area contributed by atoms with E-state index < -0.39 is 0 Å². The third-order valence-electron chi connectivity index (χ3n) is 3.50. The van der Waals surface area contributed by atoms with Crippen LogP contribution >= 0.6 is 0 Å². The topological polar surface area (TPSA) is 61.7 Å². The second kappa shape index (κ2) is 5.57. The summed E-state index contributed by atoms with van der Waals surface area (Å²) in [7, 11) is 0. The molecule has 2 heterocycles. The number of nitrogens with zero attached hydrogens (tertiary/aromatic N) is 4. The molecule has 2 N–H and O–H groups in total. The number of imidazole rings is 1. The normalized spacial score (nSPS) is 13.4. The van der Waals surface area contributed by atoms with Gasteiger partial charge in [0.05, 0.1) is 18.2 Å². The molecule has 0 spiro atoms. The molecule has 19 heavy (non-hydrogen) atoms. The Labute approximate surface area is 114 Å². The molecule has 0 bridgehead atoms. The molecule has 0 aliphatic heterocycles. The first-order valence-electron chi connectivity index (χ1n) is 6.81. The van der Waals surface area contributed by atoms with Crippen molar-refractivity contribution < 1.29 is 0 Å². The summed E-state index contributed by atoms with van der Waals surface area (Å²) in [5, 5.41) is 4.38. The van der Waals surface area contributed by atoms with E-state index in [0.29, 0.717) is 24.4 Å². The Balaban J connectivity index is 2.37. The Morgan fingerprint density at radius 3 is 2.47 bits per heavy atom. The third kappa shape index (κ3) is 2.71. The van der Waals surface area contributed by atoms with E-state index in [4.69, 9.17) is 5.73 Å². The van der Waals surface area contributed by atoms with Gasteiger partial charge in [0.2, 0.25) is 0 Å². The lowest BCUT2D eigenvalue weighted by molar-refractivity contribution is 0.489. The summed E-state index contributed by atoms with van der Waals surface area (Å²) in [5.74, 6) is 0.797. The van der Waals surface area contributed by atoms with Crippen LogP contribution in [-0.2, 0) is 0 Å². The van der Waals surface area contributed by atoms with Crippen molar-refractivity contribution in [2.24, 2.45) is 11.7 Å². The van der Waals surface area contributed by atoms with Crippen molar-refractivity contribution in [3.8, 4) is 5.69 Å². The quantitative estimate of drug-likeness (QED) is 0.898. The van der Waals surface area contributed by atoms with Gasteiger partial charge in [-0.15, -0.1) is 0 Å². The molecule has 0 saturated heterocycles. The molecule has 2 aromatic rings. The molecule has 5 heteroatoms. The van der Waals surface area contributed by atoms with E-state index in [1.165, 1.54) is 0 Å². The molecule has 0 radical (unpaired) electrons. The summed E-state index contributed by atoms with van der Waals surface area (Å²) in [4.78, 5) is 4.27. The van der Waals surface area contributed by atoms with E-state index in [-0.39, 0.29) is 0 Å². The van der Waals surface area contributed by atoms with Crippen LogP contribution < -0.4 is 5.73 Å². The van der Waals surface area contributed by atoms with Crippen molar-refractivity contribution in [2.45, 2.75) is 39.7 Å². The first kappa shape index (κ1) is 13.8. The van der Waals surface area contributed by atoms with Gasteiger partial charge in [-0.1, -0.05) is 13.8 Å². The van der Waals surface area contributed by atoms with E-state index in [9.17, 15) is 0 Å². The molecular weight excluding hydrogens is 238 g/mol. The molecule has 0 aliphatic carbocycles. The minimum Gasteiger partial charge on any atom is -0.330 e. The molecule has 0 saturated carbocycles. The SMILES string of the molecule is CC(C)C(CN)c1cncn1-c1cnn(C(C)C)c1. The molecule has 0 aromatic carbocycles. The highest BCUT2D eigenvalue weighted by Crippen LogP contribution is 2.25. The van der Waals surface area contributed by atoms with E-state index in [1.807, 2.05) is 29.6 Å². The van der Waals surface area contributed by atoms with Crippen molar-refractivity contribution in [3.05, 3.63) is 30.6 Å². The standard InChI is InChI=1S/C14H23N5/c1-10(2)13(5-15)14-7-16-9-18(14)12-6-17-19(8-12)11(3)4/h6-11,13H,5,15H2,1-4H3. The molecule has 1 atom stereocenters. The van der Waals surface area contributed by atoms with Crippen molar-refractivity contribution >= 4 is 0 Å². The molecule has 2 rings (SSSR count). The third-order valence-corrected chi connectivity index (χ3v) is 3.50. The molecule has 104 valence electrons. The van der Waals surface area contributed by atoms with E-state index in [0.717, 1.165) is 11.4 Å². The average molecular weight is 261 g/mol. The molecule has 1 unspecified atom stereocenters. The highest BCUT2D eigenvalue weighted by atomic mass is 15.3. The molecule has 0 fully saturated rings. The van der Waals surface area contributed by atoms with Crippen LogP contribution in [0.5, 0.6) is 0 Å². The van der Waals surface area contributed by atoms with Crippen LogP contribution in [-0.4, -0.2) is 25.9 Å². The summed E-state index contributed by atoms with van der Waals surface area (Å²) in [6, 6.07) is 0.358. The van der Waals surface area contributed by atoms with Gasteiger partial charge in [-0.25, -0.2) is 4.98 Å². The monoisotopic (exact) mass is 261 g/mol. The number of nitrogens with two attached hydrogens (primary N) is 1. The maximum Gasteiger partial charge on any atom is 0.0995 e. The van der Waals surface area contributed by atoms with Crippen LogP contribution in [0.1, 0.15) is 45.3 Å². The number of hydrogen-bond acceptors (Lipinski definition) is 3. The highest BCUT2D eigenvalue weighted by molar-refractivity contribution is 5.30. The zero-order valence-corrected chi connectivity index (χ0v) is 12.1. The Hall–Kier alpha value is -1.62. The smallest absolute Gasteiger partial charge is 0.0995 e. The fourth-order valence-corrected chi connectivity index (χ4v) is 2.26. The zero-order valence-electron chi connectivity index (χ0n) is 12.1. The Bertz CT molecular complexity index is 523. The summed E-state index contributed by atoms with van der Waals surface area (Å²) in [5.41, 5.74) is 8.10. The second-order valence-electron chi connectivity index (χ2n) is 5.55. The zero-order chi connectivity index (χ0) is 14.0. The van der Waals surface area contributed by atoms with Crippen LogP contribution in [0.3, 0.4) is 0 Å². The minimum absolute atomic E-state index is 0.310. The first-order valence-corrected chi connectivity index (χ1v) is 6.81.